The summed E-state index contributed by atoms with van der Waals surface area (Å²) < 4.78 is 46.4. The number of rotatable bonds is 13. The van der Waals surface area contributed by atoms with Crippen molar-refractivity contribution >= 4 is 52.1 Å². The van der Waals surface area contributed by atoms with Gasteiger partial charge < -0.3 is 35.4 Å². The molecule has 2 atom stereocenters. The summed E-state index contributed by atoms with van der Waals surface area (Å²) in [6, 6.07) is 19.8. The number of hydrogen-bond acceptors (Lipinski definition) is 10. The van der Waals surface area contributed by atoms with E-state index in [1.165, 1.54) is 28.7 Å². The normalized spacial score (nSPS) is 23.3. The summed E-state index contributed by atoms with van der Waals surface area (Å²) in [6.07, 6.45) is 7.26. The molecular weight excluding hydrogens is 946 g/mol. The van der Waals surface area contributed by atoms with Crippen LogP contribution in [0, 0.1) is 17.6 Å². The maximum Gasteiger partial charge on any atom is 0.329 e. The Morgan fingerprint density at radius 1 is 0.944 bits per heavy atom. The number of nitrogens with one attached hydrogen (secondary N) is 2. The first-order valence-electron chi connectivity index (χ1n) is 25.2. The topological polar surface area (TPSA) is 185 Å². The fourth-order valence-electron chi connectivity index (χ4n) is 12.1. The standard InChI is InChI=1S/C54H61ClF2N8O7/c1-31-45-43(29-40(56)48(55)47(45)46-39(50(58)68)14-15-42(49(46)57)71-27-26-66)72-54(31,35-6-4-3-5-7-35)30-59-36-11-8-33(9-12-36)52(69)64-23-18-37(19-24-64)63-21-16-32(17-22-63)34-10-13-38-41(28-34)62(2)61-51(38)65-25-20-44(67)60-53(65)70/h3-7,10,13-15,28-29,31-33,36-37,59,66H,8-9,11-12,16-27,30H2,1-2H3,(H2,58,68)(H,60,67,70). The maximum absolute atomic E-state index is 16.5. The molecule has 1 aliphatic carbocycles. The van der Waals surface area contributed by atoms with Gasteiger partial charge in [-0.25, -0.2) is 13.6 Å². The van der Waals surface area contributed by atoms with Gasteiger partial charge in [0.15, 0.2) is 23.0 Å². The van der Waals surface area contributed by atoms with E-state index in [1.54, 1.807) is 0 Å². The Kier molecular flexibility index (Phi) is 14.0. The van der Waals surface area contributed by atoms with Crippen molar-refractivity contribution < 1.29 is 42.5 Å². The highest BCUT2D eigenvalue weighted by atomic mass is 35.5. The molecule has 3 saturated heterocycles. The lowest BCUT2D eigenvalue weighted by molar-refractivity contribution is -0.138. The molecule has 4 aromatic carbocycles. The number of primary amides is 1. The number of nitrogens with two attached hydrogens (primary N) is 1. The predicted octanol–water partition coefficient (Wildman–Crippen LogP) is 7.50. The zero-order valence-corrected chi connectivity index (χ0v) is 41.4. The first-order valence-corrected chi connectivity index (χ1v) is 25.6. The van der Waals surface area contributed by atoms with Crippen LogP contribution in [0.15, 0.2) is 66.7 Å². The van der Waals surface area contributed by atoms with Crippen LogP contribution in [-0.2, 0) is 22.2 Å². The molecule has 72 heavy (non-hydrogen) atoms. The van der Waals surface area contributed by atoms with Crippen molar-refractivity contribution in [3.63, 3.8) is 0 Å². The van der Waals surface area contributed by atoms with Gasteiger partial charge in [-0.3, -0.25) is 29.3 Å². The highest BCUT2D eigenvalue weighted by molar-refractivity contribution is 6.34. The van der Waals surface area contributed by atoms with E-state index >= 15 is 8.78 Å². The molecule has 0 radical (unpaired) electrons. The lowest BCUT2D eigenvalue weighted by Crippen LogP contribution is -2.51. The fraction of sp³-hybridized carbons (Fsp3) is 0.463. The molecule has 5 aliphatic rings. The summed E-state index contributed by atoms with van der Waals surface area (Å²) >= 11 is 6.73. The number of hydrogen-bond donors (Lipinski definition) is 4. The minimum Gasteiger partial charge on any atom is -0.488 e. The van der Waals surface area contributed by atoms with Crippen LogP contribution in [0.2, 0.25) is 5.02 Å². The highest BCUT2D eigenvalue weighted by Crippen LogP contribution is 2.56. The largest absolute Gasteiger partial charge is 0.488 e. The van der Waals surface area contributed by atoms with Crippen molar-refractivity contribution in [2.45, 2.75) is 94.2 Å². The molecule has 18 heteroatoms. The highest BCUT2D eigenvalue weighted by Gasteiger charge is 2.50. The van der Waals surface area contributed by atoms with E-state index in [-0.39, 0.29) is 71.6 Å². The number of likely N-dealkylation sites (tertiary alicyclic amines) is 2. The predicted molar refractivity (Wildman–Crippen MR) is 268 cm³/mol. The van der Waals surface area contributed by atoms with Crippen molar-refractivity contribution in [3.8, 4) is 22.6 Å². The number of carbonyl (C=O) groups excluding carboxylic acids is 4. The number of piperidine rings is 2. The number of ether oxygens (including phenoxy) is 2. The maximum atomic E-state index is 16.5. The molecule has 4 fully saturated rings. The average Bonchev–Trinajstić information content (AvgIpc) is 3.87. The van der Waals surface area contributed by atoms with Crippen LogP contribution >= 0.6 is 11.6 Å². The van der Waals surface area contributed by atoms with Crippen LogP contribution in [-0.4, -0.2) is 113 Å². The smallest absolute Gasteiger partial charge is 0.329 e. The van der Waals surface area contributed by atoms with Crippen molar-refractivity contribution in [1.82, 2.24) is 30.2 Å². The van der Waals surface area contributed by atoms with Crippen LogP contribution < -0.4 is 30.7 Å². The van der Waals surface area contributed by atoms with Gasteiger partial charge in [-0.15, -0.1) is 0 Å². The van der Waals surface area contributed by atoms with Crippen molar-refractivity contribution in [3.05, 3.63) is 106 Å². The number of halogens is 3. The second kappa shape index (κ2) is 20.4. The average molecular weight is 1010 g/mol. The number of fused-ring (bicyclic) bond motifs is 2. The van der Waals surface area contributed by atoms with E-state index in [9.17, 15) is 24.3 Å². The molecule has 10 rings (SSSR count). The Labute approximate surface area is 421 Å². The van der Waals surface area contributed by atoms with E-state index in [0.29, 0.717) is 36.4 Å². The number of amides is 5. The van der Waals surface area contributed by atoms with Gasteiger partial charge in [0.2, 0.25) is 17.7 Å². The number of benzene rings is 4. The van der Waals surface area contributed by atoms with E-state index in [1.807, 2.05) is 49.0 Å². The van der Waals surface area contributed by atoms with Gasteiger partial charge >= 0.3 is 6.03 Å². The molecule has 5 amide bonds. The molecule has 5 aromatic rings. The van der Waals surface area contributed by atoms with Gasteiger partial charge in [-0.1, -0.05) is 54.9 Å². The Hall–Kier alpha value is -6.14. The monoisotopic (exact) mass is 1010 g/mol. The summed E-state index contributed by atoms with van der Waals surface area (Å²) in [6.45, 7) is 5.41. The van der Waals surface area contributed by atoms with Gasteiger partial charge in [-0.05, 0) is 106 Å². The number of imide groups is 1. The molecule has 5 N–H and O–H groups in total. The number of carbonyl (C=O) groups is 4. The van der Waals surface area contributed by atoms with Crippen LogP contribution in [0.4, 0.5) is 19.4 Å². The van der Waals surface area contributed by atoms with Gasteiger partial charge in [0.25, 0.3) is 0 Å². The van der Waals surface area contributed by atoms with E-state index < -0.39 is 40.1 Å². The SMILES string of the molecule is CC1c2c(cc(F)c(Cl)c2-c2c(C(N)=O)ccc(OCCO)c2F)OC1(CNC1CCC(C(=O)N2CCC(N3CCC(c4ccc5c(N6CCC(=O)NC6=O)nn(C)c5c4)CC3)CC2)CC1)c1ccccc1. The molecule has 4 aliphatic heterocycles. The third-order valence-electron chi connectivity index (χ3n) is 16.1. The number of aliphatic hydroxyl groups is 1. The van der Waals surface area contributed by atoms with Crippen molar-refractivity contribution in [2.24, 2.45) is 18.7 Å². The third kappa shape index (κ3) is 9.17. The van der Waals surface area contributed by atoms with E-state index in [2.05, 4.69) is 43.7 Å². The molecule has 1 aromatic heterocycles. The summed E-state index contributed by atoms with van der Waals surface area (Å²) in [5.74, 6) is -2.53. The molecule has 1 saturated carbocycles. The first kappa shape index (κ1) is 49.4. The van der Waals surface area contributed by atoms with Crippen LogP contribution in [0.5, 0.6) is 11.5 Å². The van der Waals surface area contributed by atoms with Gasteiger partial charge in [0, 0.05) is 91.7 Å². The number of aromatic nitrogens is 2. The minimum atomic E-state index is -1.10. The van der Waals surface area contributed by atoms with E-state index in [4.69, 9.17) is 26.8 Å². The molecular formula is C54H61ClF2N8O7. The summed E-state index contributed by atoms with van der Waals surface area (Å²) in [5.41, 5.74) is 7.54. The van der Waals surface area contributed by atoms with Crippen LogP contribution in [0.25, 0.3) is 22.0 Å². The van der Waals surface area contributed by atoms with Crippen molar-refractivity contribution in [2.75, 3.05) is 57.4 Å². The molecule has 5 heterocycles. The van der Waals surface area contributed by atoms with Crippen LogP contribution in [0.3, 0.4) is 0 Å². The Morgan fingerprint density at radius 3 is 2.38 bits per heavy atom. The molecule has 0 spiro atoms. The van der Waals surface area contributed by atoms with Gasteiger partial charge in [-0.2, -0.15) is 5.10 Å². The lowest BCUT2D eigenvalue weighted by atomic mass is 9.77. The van der Waals surface area contributed by atoms with Crippen molar-refractivity contribution in [1.29, 1.82) is 0 Å². The first-order chi connectivity index (χ1) is 34.8. The second-order valence-corrected chi connectivity index (χ2v) is 20.4. The molecule has 0 bridgehead atoms. The number of nitrogens with zero attached hydrogens (tertiary/aromatic N) is 5. The molecule has 15 nitrogen and oxygen atoms in total. The second-order valence-electron chi connectivity index (χ2n) is 20.0. The number of urea groups is 1. The number of aryl methyl sites for hydroxylation is 1. The van der Waals surface area contributed by atoms with Gasteiger partial charge in [0.05, 0.1) is 22.7 Å². The Morgan fingerprint density at radius 2 is 1.68 bits per heavy atom. The van der Waals surface area contributed by atoms with E-state index in [0.717, 1.165) is 94.0 Å². The number of anilines is 1. The summed E-state index contributed by atoms with van der Waals surface area (Å²) in [4.78, 5) is 57.3. The zero-order valence-electron chi connectivity index (χ0n) is 40.6. The zero-order chi connectivity index (χ0) is 50.4. The Balaban J connectivity index is 0.749. The fourth-order valence-corrected chi connectivity index (χ4v) is 12.4. The van der Waals surface area contributed by atoms with Crippen LogP contribution in [0.1, 0.15) is 104 Å². The molecule has 380 valence electrons. The summed E-state index contributed by atoms with van der Waals surface area (Å²) in [7, 11) is 1.89. The number of aliphatic hydroxyl groups excluding tert-OH is 1. The minimum absolute atomic E-state index is 0.0510. The third-order valence-corrected chi connectivity index (χ3v) is 16.4. The Bertz CT molecular complexity index is 2900. The molecule has 2 unspecified atom stereocenters. The van der Waals surface area contributed by atoms with Gasteiger partial charge in [0.1, 0.15) is 18.2 Å². The lowest BCUT2D eigenvalue weighted by Gasteiger charge is -2.43. The quantitative estimate of drug-likeness (QED) is 0.0922. The summed E-state index contributed by atoms with van der Waals surface area (Å²) in [5, 5.41) is 20.7.